The molecule has 21 heavy (non-hydrogen) atoms. The minimum Gasteiger partial charge on any atom is -0.389 e. The third-order valence-electron chi connectivity index (χ3n) is 5.42. The van der Waals surface area contributed by atoms with Gasteiger partial charge in [-0.15, -0.1) is 0 Å². The van der Waals surface area contributed by atoms with Gasteiger partial charge in [-0.3, -0.25) is 0 Å². The van der Waals surface area contributed by atoms with Crippen molar-refractivity contribution >= 4 is 23.0 Å². The average Bonchev–Trinajstić information content (AvgIpc) is 2.94. The summed E-state index contributed by atoms with van der Waals surface area (Å²) >= 11 is 5.27. The monoisotopic (exact) mass is 303 g/mol. The van der Waals surface area contributed by atoms with Gasteiger partial charge < -0.3 is 10.6 Å². The Balaban J connectivity index is 1.90. The standard InChI is InChI=1S/C17H25N3S/c1-3-17(2)7-9-20(10-8-17)16-13(15(18)21)11-12-5-4-6-14(12)19-16/h11H,3-10H2,1-2H3,(H2,18,21). The second-order valence-corrected chi connectivity index (χ2v) is 7.27. The summed E-state index contributed by atoms with van der Waals surface area (Å²) in [5.74, 6) is 1.03. The van der Waals surface area contributed by atoms with Crippen molar-refractivity contribution in [3.05, 3.63) is 22.9 Å². The van der Waals surface area contributed by atoms with Crippen LogP contribution in [-0.2, 0) is 12.8 Å². The molecule has 2 heterocycles. The van der Waals surface area contributed by atoms with E-state index in [1.54, 1.807) is 0 Å². The number of hydrogen-bond donors (Lipinski definition) is 1. The molecule has 3 nitrogen and oxygen atoms in total. The molecule has 1 aromatic heterocycles. The lowest BCUT2D eigenvalue weighted by Gasteiger charge is -2.40. The molecule has 2 N–H and O–H groups in total. The van der Waals surface area contributed by atoms with E-state index in [1.807, 2.05) is 0 Å². The first kappa shape index (κ1) is 14.8. The van der Waals surface area contributed by atoms with E-state index >= 15 is 0 Å². The fourth-order valence-electron chi connectivity index (χ4n) is 3.50. The van der Waals surface area contributed by atoms with Gasteiger partial charge in [-0.25, -0.2) is 4.98 Å². The number of piperidine rings is 1. The van der Waals surface area contributed by atoms with Crippen LogP contribution in [0, 0.1) is 5.41 Å². The Morgan fingerprint density at radius 1 is 1.38 bits per heavy atom. The predicted molar refractivity (Wildman–Crippen MR) is 92.0 cm³/mol. The third kappa shape index (κ3) is 2.78. The molecule has 0 bridgehead atoms. The van der Waals surface area contributed by atoms with Crippen LogP contribution < -0.4 is 10.6 Å². The fraction of sp³-hybridized carbons (Fsp3) is 0.647. The van der Waals surface area contributed by atoms with E-state index in [4.69, 9.17) is 22.9 Å². The maximum atomic E-state index is 5.96. The lowest BCUT2D eigenvalue weighted by atomic mass is 9.78. The number of rotatable bonds is 3. The number of anilines is 1. The predicted octanol–water partition coefficient (Wildman–Crippen LogP) is 3.22. The summed E-state index contributed by atoms with van der Waals surface area (Å²) in [7, 11) is 0. The second-order valence-electron chi connectivity index (χ2n) is 6.83. The maximum Gasteiger partial charge on any atom is 0.139 e. The summed E-state index contributed by atoms with van der Waals surface area (Å²) in [5, 5.41) is 0. The van der Waals surface area contributed by atoms with Crippen LogP contribution in [0.1, 0.15) is 56.4 Å². The number of thiocarbonyl (C=S) groups is 1. The van der Waals surface area contributed by atoms with Gasteiger partial charge in [0.25, 0.3) is 0 Å². The van der Waals surface area contributed by atoms with Gasteiger partial charge >= 0.3 is 0 Å². The first-order chi connectivity index (χ1) is 10.0. The number of pyridine rings is 1. The fourth-order valence-corrected chi connectivity index (χ4v) is 3.65. The van der Waals surface area contributed by atoms with Gasteiger partial charge in [0.15, 0.2) is 0 Å². The Labute approximate surface area is 132 Å². The molecule has 0 unspecified atom stereocenters. The highest BCUT2D eigenvalue weighted by Gasteiger charge is 2.30. The van der Waals surface area contributed by atoms with Gasteiger partial charge in [-0.1, -0.05) is 32.5 Å². The summed E-state index contributed by atoms with van der Waals surface area (Å²) in [6.45, 7) is 6.82. The molecule has 4 heteroatoms. The maximum absolute atomic E-state index is 5.96. The zero-order valence-electron chi connectivity index (χ0n) is 13.1. The lowest BCUT2D eigenvalue weighted by molar-refractivity contribution is 0.237. The van der Waals surface area contributed by atoms with Gasteiger partial charge in [0.05, 0.1) is 5.56 Å². The first-order valence-electron chi connectivity index (χ1n) is 8.10. The van der Waals surface area contributed by atoms with Crippen molar-refractivity contribution in [3.8, 4) is 0 Å². The van der Waals surface area contributed by atoms with Crippen molar-refractivity contribution in [1.82, 2.24) is 4.98 Å². The number of fused-ring (bicyclic) bond motifs is 1. The molecule has 0 saturated carbocycles. The highest BCUT2D eigenvalue weighted by atomic mass is 32.1. The molecule has 1 aromatic rings. The van der Waals surface area contributed by atoms with Crippen LogP contribution in [0.3, 0.4) is 0 Å². The number of nitrogens with zero attached hydrogens (tertiary/aromatic N) is 2. The van der Waals surface area contributed by atoms with Crippen molar-refractivity contribution < 1.29 is 0 Å². The molecule has 0 radical (unpaired) electrons. The van der Waals surface area contributed by atoms with E-state index < -0.39 is 0 Å². The minimum absolute atomic E-state index is 0.482. The van der Waals surface area contributed by atoms with Crippen LogP contribution in [-0.4, -0.2) is 23.1 Å². The quantitative estimate of drug-likeness (QED) is 0.871. The van der Waals surface area contributed by atoms with Gasteiger partial charge in [0.1, 0.15) is 10.8 Å². The SMILES string of the molecule is CCC1(C)CCN(c2nc3c(cc2C(N)=S)CCC3)CC1. The van der Waals surface area contributed by atoms with Crippen molar-refractivity contribution in [2.24, 2.45) is 11.1 Å². The van der Waals surface area contributed by atoms with Crippen LogP contribution in [0.15, 0.2) is 6.07 Å². The average molecular weight is 303 g/mol. The lowest BCUT2D eigenvalue weighted by Crippen LogP contribution is -2.40. The smallest absolute Gasteiger partial charge is 0.139 e. The van der Waals surface area contributed by atoms with Crippen molar-refractivity contribution in [2.45, 2.75) is 52.4 Å². The van der Waals surface area contributed by atoms with Gasteiger partial charge in [0.2, 0.25) is 0 Å². The second kappa shape index (κ2) is 5.56. The Hall–Kier alpha value is -1.16. The highest BCUT2D eigenvalue weighted by molar-refractivity contribution is 7.80. The van der Waals surface area contributed by atoms with E-state index in [1.165, 1.54) is 36.9 Å². The third-order valence-corrected chi connectivity index (χ3v) is 5.64. The summed E-state index contributed by atoms with van der Waals surface area (Å²) in [6.07, 6.45) is 7.11. The molecule has 1 aliphatic carbocycles. The van der Waals surface area contributed by atoms with E-state index in [-0.39, 0.29) is 0 Å². The van der Waals surface area contributed by atoms with E-state index in [0.29, 0.717) is 10.4 Å². The molecule has 114 valence electrons. The van der Waals surface area contributed by atoms with Crippen molar-refractivity contribution in [2.75, 3.05) is 18.0 Å². The highest BCUT2D eigenvalue weighted by Crippen LogP contribution is 2.36. The van der Waals surface area contributed by atoms with Crippen molar-refractivity contribution in [1.29, 1.82) is 0 Å². The molecule has 0 spiro atoms. The zero-order chi connectivity index (χ0) is 15.0. The Morgan fingerprint density at radius 2 is 2.10 bits per heavy atom. The molecule has 3 rings (SSSR count). The zero-order valence-corrected chi connectivity index (χ0v) is 13.9. The van der Waals surface area contributed by atoms with Gasteiger partial charge in [-0.2, -0.15) is 0 Å². The van der Waals surface area contributed by atoms with Crippen LogP contribution in [0.4, 0.5) is 5.82 Å². The number of aromatic nitrogens is 1. The van der Waals surface area contributed by atoms with Crippen molar-refractivity contribution in [3.63, 3.8) is 0 Å². The van der Waals surface area contributed by atoms with E-state index in [0.717, 1.165) is 37.3 Å². The van der Waals surface area contributed by atoms with E-state index in [9.17, 15) is 0 Å². The molecule has 1 aliphatic heterocycles. The number of hydrogen-bond acceptors (Lipinski definition) is 3. The van der Waals surface area contributed by atoms with Crippen LogP contribution in [0.5, 0.6) is 0 Å². The minimum atomic E-state index is 0.482. The molecule has 1 fully saturated rings. The van der Waals surface area contributed by atoms with Crippen LogP contribution >= 0.6 is 12.2 Å². The van der Waals surface area contributed by atoms with Crippen LogP contribution in [0.2, 0.25) is 0 Å². The summed E-state index contributed by atoms with van der Waals surface area (Å²) < 4.78 is 0. The summed E-state index contributed by atoms with van der Waals surface area (Å²) in [6, 6.07) is 2.20. The normalized spacial score (nSPS) is 20.4. The topological polar surface area (TPSA) is 42.2 Å². The Bertz CT molecular complexity index is 559. The number of nitrogens with two attached hydrogens (primary N) is 1. The molecule has 1 saturated heterocycles. The largest absolute Gasteiger partial charge is 0.389 e. The molecule has 0 aromatic carbocycles. The van der Waals surface area contributed by atoms with Gasteiger partial charge in [-0.05, 0) is 49.1 Å². The van der Waals surface area contributed by atoms with Gasteiger partial charge in [0, 0.05) is 18.8 Å². The Morgan fingerprint density at radius 3 is 2.71 bits per heavy atom. The molecular weight excluding hydrogens is 278 g/mol. The number of aryl methyl sites for hydroxylation is 2. The molecular formula is C17H25N3S. The first-order valence-corrected chi connectivity index (χ1v) is 8.51. The van der Waals surface area contributed by atoms with E-state index in [2.05, 4.69) is 24.8 Å². The summed E-state index contributed by atoms with van der Waals surface area (Å²) in [4.78, 5) is 7.81. The molecule has 2 aliphatic rings. The molecule has 0 amide bonds. The molecule has 0 atom stereocenters. The summed E-state index contributed by atoms with van der Waals surface area (Å²) in [5.41, 5.74) is 10.0. The Kier molecular flexibility index (Phi) is 3.91. The van der Waals surface area contributed by atoms with Crippen LogP contribution in [0.25, 0.3) is 0 Å².